The number of hydrogen-bond acceptors (Lipinski definition) is 4. The van der Waals surface area contributed by atoms with Crippen molar-refractivity contribution >= 4 is 33.4 Å². The third-order valence-corrected chi connectivity index (χ3v) is 3.59. The lowest BCUT2D eigenvalue weighted by molar-refractivity contribution is 0.102. The van der Waals surface area contributed by atoms with E-state index in [0.29, 0.717) is 33.5 Å². The van der Waals surface area contributed by atoms with E-state index in [2.05, 4.69) is 26.4 Å². The molecule has 0 saturated carbocycles. The number of nitrogens with two attached hydrogens (primary N) is 1. The van der Waals surface area contributed by atoms with Gasteiger partial charge in [0.05, 0.1) is 17.5 Å². The second-order valence-electron chi connectivity index (χ2n) is 4.24. The fourth-order valence-corrected chi connectivity index (χ4v) is 2.32. The van der Waals surface area contributed by atoms with Crippen molar-refractivity contribution in [1.29, 1.82) is 0 Å². The number of amides is 1. The monoisotopic (exact) mass is 351 g/mol. The van der Waals surface area contributed by atoms with Crippen molar-refractivity contribution in [3.63, 3.8) is 0 Å². The maximum absolute atomic E-state index is 12.2. The number of amidine groups is 1. The molecule has 0 aliphatic rings. The van der Waals surface area contributed by atoms with Crippen LogP contribution in [0, 0.1) is 0 Å². The molecule has 0 aliphatic carbocycles. The van der Waals surface area contributed by atoms with Crippen molar-refractivity contribution in [2.75, 3.05) is 5.32 Å². The number of anilines is 1. The summed E-state index contributed by atoms with van der Waals surface area (Å²) in [5.41, 5.74) is 7.14. The van der Waals surface area contributed by atoms with Gasteiger partial charge in [0.2, 0.25) is 0 Å². The van der Waals surface area contributed by atoms with E-state index in [-0.39, 0.29) is 11.7 Å². The van der Waals surface area contributed by atoms with E-state index in [1.54, 1.807) is 24.3 Å². The average Bonchev–Trinajstić information content (AvgIpc) is 2.97. The highest BCUT2D eigenvalue weighted by Gasteiger charge is 2.15. The van der Waals surface area contributed by atoms with Crippen LogP contribution < -0.4 is 11.1 Å². The number of oxime groups is 1. The second kappa shape index (κ2) is 6.45. The molecule has 6 nitrogen and oxygen atoms in total. The standard InChI is InChI=1S/C14H14BrN3O3/c1-2-12-9(5-6-21-12)14(19)17-11-4-3-8(7-10(11)15)13(16)18-20/h3-7,20H,2H2,1H3,(H2,16,18)(H,17,19). The minimum absolute atomic E-state index is 0.00307. The number of nitrogens with zero attached hydrogens (tertiary/aromatic N) is 1. The van der Waals surface area contributed by atoms with Gasteiger partial charge in [0.25, 0.3) is 5.91 Å². The molecule has 1 heterocycles. The number of halogens is 1. The summed E-state index contributed by atoms with van der Waals surface area (Å²) < 4.78 is 5.86. The Morgan fingerprint density at radius 1 is 1.48 bits per heavy atom. The number of carbonyl (C=O) groups is 1. The molecule has 1 amide bonds. The Labute approximate surface area is 129 Å². The number of hydrogen-bond donors (Lipinski definition) is 3. The van der Waals surface area contributed by atoms with Crippen LogP contribution in [0.3, 0.4) is 0 Å². The lowest BCUT2D eigenvalue weighted by Gasteiger charge is -2.08. The smallest absolute Gasteiger partial charge is 0.259 e. The number of carbonyl (C=O) groups excluding carboxylic acids is 1. The topological polar surface area (TPSA) is 101 Å². The van der Waals surface area contributed by atoms with E-state index in [1.165, 1.54) is 6.26 Å². The Hall–Kier alpha value is -2.28. The molecule has 0 unspecified atom stereocenters. The molecule has 2 aromatic rings. The van der Waals surface area contributed by atoms with Crippen LogP contribution in [0.1, 0.15) is 28.6 Å². The summed E-state index contributed by atoms with van der Waals surface area (Å²) in [6.45, 7) is 1.91. The van der Waals surface area contributed by atoms with Crippen molar-refractivity contribution in [2.24, 2.45) is 10.9 Å². The zero-order chi connectivity index (χ0) is 15.4. The van der Waals surface area contributed by atoms with Gasteiger partial charge in [-0.15, -0.1) is 0 Å². The van der Waals surface area contributed by atoms with Crippen LogP contribution in [0.5, 0.6) is 0 Å². The number of benzene rings is 1. The van der Waals surface area contributed by atoms with E-state index < -0.39 is 0 Å². The molecule has 0 bridgehead atoms. The van der Waals surface area contributed by atoms with Crippen molar-refractivity contribution in [3.8, 4) is 0 Å². The first-order valence-electron chi connectivity index (χ1n) is 6.22. The molecule has 4 N–H and O–H groups in total. The maximum Gasteiger partial charge on any atom is 0.259 e. The van der Waals surface area contributed by atoms with E-state index in [9.17, 15) is 4.79 Å². The molecule has 2 rings (SSSR count). The summed E-state index contributed by atoms with van der Waals surface area (Å²) in [5, 5.41) is 14.4. The van der Waals surface area contributed by atoms with Gasteiger partial charge in [0.15, 0.2) is 5.84 Å². The molecule has 0 spiro atoms. The van der Waals surface area contributed by atoms with Gasteiger partial charge in [-0.05, 0) is 40.2 Å². The highest BCUT2D eigenvalue weighted by molar-refractivity contribution is 9.10. The minimum Gasteiger partial charge on any atom is -0.469 e. The minimum atomic E-state index is -0.252. The Bertz CT molecular complexity index is 695. The largest absolute Gasteiger partial charge is 0.469 e. The zero-order valence-electron chi connectivity index (χ0n) is 11.3. The summed E-state index contributed by atoms with van der Waals surface area (Å²) in [6.07, 6.45) is 2.13. The molecule has 0 fully saturated rings. The number of nitrogens with one attached hydrogen (secondary N) is 1. The Morgan fingerprint density at radius 2 is 2.24 bits per heavy atom. The second-order valence-corrected chi connectivity index (χ2v) is 5.10. The van der Waals surface area contributed by atoms with Gasteiger partial charge in [-0.25, -0.2) is 0 Å². The zero-order valence-corrected chi connectivity index (χ0v) is 12.8. The molecule has 7 heteroatoms. The molecule has 1 aromatic heterocycles. The third kappa shape index (κ3) is 3.25. The molecule has 1 aromatic carbocycles. The van der Waals surface area contributed by atoms with E-state index in [0.717, 1.165) is 0 Å². The average molecular weight is 352 g/mol. The van der Waals surface area contributed by atoms with Crippen molar-refractivity contribution in [2.45, 2.75) is 13.3 Å². The molecule has 0 saturated heterocycles. The highest BCUT2D eigenvalue weighted by atomic mass is 79.9. The summed E-state index contributed by atoms with van der Waals surface area (Å²) in [6, 6.07) is 6.60. The lowest BCUT2D eigenvalue weighted by atomic mass is 10.1. The van der Waals surface area contributed by atoms with E-state index in [4.69, 9.17) is 15.4 Å². The molecule has 0 radical (unpaired) electrons. The van der Waals surface area contributed by atoms with Crippen LogP contribution in [-0.4, -0.2) is 17.0 Å². The summed E-state index contributed by atoms with van der Waals surface area (Å²) in [7, 11) is 0. The van der Waals surface area contributed by atoms with Gasteiger partial charge in [0.1, 0.15) is 5.76 Å². The number of furan rings is 1. The van der Waals surface area contributed by atoms with E-state index in [1.807, 2.05) is 6.92 Å². The summed E-state index contributed by atoms with van der Waals surface area (Å²) in [4.78, 5) is 12.2. The van der Waals surface area contributed by atoms with Gasteiger partial charge < -0.3 is 20.7 Å². The summed E-state index contributed by atoms with van der Waals surface area (Å²) >= 11 is 3.34. The fraction of sp³-hybridized carbons (Fsp3) is 0.143. The van der Waals surface area contributed by atoms with Crippen molar-refractivity contribution < 1.29 is 14.4 Å². The normalized spacial score (nSPS) is 11.4. The van der Waals surface area contributed by atoms with Crippen LogP contribution in [0.25, 0.3) is 0 Å². The molecular weight excluding hydrogens is 338 g/mol. The third-order valence-electron chi connectivity index (χ3n) is 2.93. The van der Waals surface area contributed by atoms with Crippen LogP contribution in [-0.2, 0) is 6.42 Å². The van der Waals surface area contributed by atoms with Crippen LogP contribution in [0.4, 0.5) is 5.69 Å². The Kier molecular flexibility index (Phi) is 4.64. The van der Waals surface area contributed by atoms with Crippen LogP contribution in [0.2, 0.25) is 0 Å². The first-order chi connectivity index (χ1) is 10.1. The Balaban J connectivity index is 2.22. The van der Waals surface area contributed by atoms with E-state index >= 15 is 0 Å². The first-order valence-corrected chi connectivity index (χ1v) is 7.01. The van der Waals surface area contributed by atoms with Gasteiger partial charge in [-0.2, -0.15) is 0 Å². The van der Waals surface area contributed by atoms with Crippen LogP contribution >= 0.6 is 15.9 Å². The molecule has 0 aliphatic heterocycles. The fourth-order valence-electron chi connectivity index (χ4n) is 1.84. The van der Waals surface area contributed by atoms with Gasteiger partial charge in [-0.3, -0.25) is 4.79 Å². The molecular formula is C14H14BrN3O3. The van der Waals surface area contributed by atoms with Gasteiger partial charge in [0, 0.05) is 16.5 Å². The molecule has 0 atom stereocenters. The van der Waals surface area contributed by atoms with Gasteiger partial charge >= 0.3 is 0 Å². The molecule has 110 valence electrons. The molecule has 21 heavy (non-hydrogen) atoms. The predicted molar refractivity (Wildman–Crippen MR) is 82.7 cm³/mol. The lowest BCUT2D eigenvalue weighted by Crippen LogP contribution is -2.15. The first kappa shape index (κ1) is 15.1. The quantitative estimate of drug-likeness (QED) is 0.341. The van der Waals surface area contributed by atoms with Crippen molar-refractivity contribution in [1.82, 2.24) is 0 Å². The Morgan fingerprint density at radius 3 is 2.86 bits per heavy atom. The summed E-state index contributed by atoms with van der Waals surface area (Å²) in [5.74, 6) is 0.381. The van der Waals surface area contributed by atoms with Gasteiger partial charge in [-0.1, -0.05) is 12.1 Å². The number of rotatable bonds is 4. The SMILES string of the molecule is CCc1occc1C(=O)Nc1ccc(/C(N)=N/O)cc1Br. The van der Waals surface area contributed by atoms with Crippen LogP contribution in [0.15, 0.2) is 44.6 Å². The highest BCUT2D eigenvalue weighted by Crippen LogP contribution is 2.25. The number of aryl methyl sites for hydroxylation is 1. The van der Waals surface area contributed by atoms with Crippen molar-refractivity contribution in [3.05, 3.63) is 51.9 Å². The predicted octanol–water partition coefficient (Wildman–Crippen LogP) is 2.95. The maximum atomic E-state index is 12.2.